The zero-order valence-corrected chi connectivity index (χ0v) is 12.8. The molecule has 0 N–H and O–H groups in total. The van der Waals surface area contributed by atoms with Crippen LogP contribution in [0.1, 0.15) is 52.9 Å². The van der Waals surface area contributed by atoms with Crippen LogP contribution in [0.15, 0.2) is 0 Å². The van der Waals surface area contributed by atoms with Crippen molar-refractivity contribution in [2.45, 2.75) is 71.0 Å². The van der Waals surface area contributed by atoms with Crippen LogP contribution >= 0.6 is 0 Å². The van der Waals surface area contributed by atoms with E-state index in [0.717, 1.165) is 38.2 Å². The molecule has 0 unspecified atom stereocenters. The SMILES string of the molecule is CC[Si](CC)(CC)OCCC1CCC(=O)CC1. The van der Waals surface area contributed by atoms with E-state index in [0.29, 0.717) is 5.78 Å². The first-order chi connectivity index (χ1) is 8.15. The second-order valence-electron chi connectivity index (χ2n) is 5.36. The van der Waals surface area contributed by atoms with Crippen LogP contribution in [-0.2, 0) is 9.22 Å². The molecule has 100 valence electrons. The van der Waals surface area contributed by atoms with E-state index in [2.05, 4.69) is 20.8 Å². The van der Waals surface area contributed by atoms with Crippen LogP contribution in [-0.4, -0.2) is 20.7 Å². The molecule has 17 heavy (non-hydrogen) atoms. The number of carbonyl (C=O) groups excluding carboxylic acids is 1. The Morgan fingerprint density at radius 2 is 1.65 bits per heavy atom. The van der Waals surface area contributed by atoms with Gasteiger partial charge in [0.15, 0.2) is 8.32 Å². The molecule has 3 heteroatoms. The lowest BCUT2D eigenvalue weighted by Crippen LogP contribution is -2.36. The molecule has 1 saturated carbocycles. The molecule has 0 amide bonds. The van der Waals surface area contributed by atoms with Crippen molar-refractivity contribution >= 4 is 14.1 Å². The Labute approximate surface area is 107 Å². The van der Waals surface area contributed by atoms with Gasteiger partial charge in [-0.15, -0.1) is 0 Å². The third-order valence-corrected chi connectivity index (χ3v) is 9.21. The van der Waals surface area contributed by atoms with E-state index in [1.807, 2.05) is 0 Å². The fourth-order valence-corrected chi connectivity index (χ4v) is 5.45. The van der Waals surface area contributed by atoms with Gasteiger partial charge in [-0.2, -0.15) is 0 Å². The van der Waals surface area contributed by atoms with Crippen molar-refractivity contribution in [3.05, 3.63) is 0 Å². The van der Waals surface area contributed by atoms with Crippen LogP contribution < -0.4 is 0 Å². The molecule has 0 aliphatic heterocycles. The first-order valence-corrected chi connectivity index (χ1v) is 9.84. The molecule has 0 saturated heterocycles. The van der Waals surface area contributed by atoms with Crippen molar-refractivity contribution in [3.8, 4) is 0 Å². The van der Waals surface area contributed by atoms with E-state index >= 15 is 0 Å². The highest BCUT2D eigenvalue weighted by Crippen LogP contribution is 2.26. The number of Topliss-reactive ketones (excluding diaryl/α,β-unsaturated/α-hetero) is 1. The summed E-state index contributed by atoms with van der Waals surface area (Å²) in [7, 11) is -1.38. The Balaban J connectivity index is 2.24. The predicted molar refractivity (Wildman–Crippen MR) is 74.7 cm³/mol. The second-order valence-corrected chi connectivity index (χ2v) is 10.1. The summed E-state index contributed by atoms with van der Waals surface area (Å²) in [6.07, 6.45) is 4.98. The standard InChI is InChI=1S/C14H28O2Si/c1-4-17(5-2,6-3)16-12-11-13-7-9-14(15)10-8-13/h13H,4-12H2,1-3H3. The Morgan fingerprint density at radius 1 is 1.12 bits per heavy atom. The highest BCUT2D eigenvalue weighted by Gasteiger charge is 2.29. The largest absolute Gasteiger partial charge is 0.417 e. The first kappa shape index (κ1) is 14.9. The van der Waals surface area contributed by atoms with Crippen LogP contribution in [0.3, 0.4) is 0 Å². The Bertz CT molecular complexity index is 218. The molecule has 1 fully saturated rings. The number of ketones is 1. The summed E-state index contributed by atoms with van der Waals surface area (Å²) in [5.74, 6) is 1.20. The van der Waals surface area contributed by atoms with Crippen LogP contribution in [0.25, 0.3) is 0 Å². The lowest BCUT2D eigenvalue weighted by Gasteiger charge is -2.29. The maximum Gasteiger partial charge on any atom is 0.191 e. The third-order valence-electron chi connectivity index (χ3n) is 4.53. The zero-order chi connectivity index (χ0) is 12.7. The maximum atomic E-state index is 11.2. The molecular weight excluding hydrogens is 228 g/mol. The predicted octanol–water partition coefficient (Wildman–Crippen LogP) is 4.16. The molecule has 2 nitrogen and oxygen atoms in total. The minimum Gasteiger partial charge on any atom is -0.417 e. The monoisotopic (exact) mass is 256 g/mol. The molecule has 1 rings (SSSR count). The first-order valence-electron chi connectivity index (χ1n) is 7.31. The molecule has 0 atom stereocenters. The lowest BCUT2D eigenvalue weighted by molar-refractivity contribution is -0.121. The fourth-order valence-electron chi connectivity index (χ4n) is 2.79. The summed E-state index contributed by atoms with van der Waals surface area (Å²) in [4.78, 5) is 11.2. The number of hydrogen-bond acceptors (Lipinski definition) is 2. The fraction of sp³-hybridized carbons (Fsp3) is 0.929. The van der Waals surface area contributed by atoms with E-state index < -0.39 is 8.32 Å². The molecule has 1 aliphatic rings. The van der Waals surface area contributed by atoms with Crippen molar-refractivity contribution in [2.24, 2.45) is 5.92 Å². The second kappa shape index (κ2) is 7.32. The van der Waals surface area contributed by atoms with E-state index in [4.69, 9.17) is 4.43 Å². The van der Waals surface area contributed by atoms with Crippen molar-refractivity contribution in [3.63, 3.8) is 0 Å². The van der Waals surface area contributed by atoms with Crippen LogP contribution in [0.2, 0.25) is 18.1 Å². The lowest BCUT2D eigenvalue weighted by atomic mass is 9.86. The van der Waals surface area contributed by atoms with Crippen LogP contribution in [0.5, 0.6) is 0 Å². The molecule has 0 heterocycles. The number of carbonyl (C=O) groups is 1. The number of rotatable bonds is 7. The molecule has 0 radical (unpaired) electrons. The van der Waals surface area contributed by atoms with E-state index in [1.165, 1.54) is 24.6 Å². The smallest absolute Gasteiger partial charge is 0.191 e. The Morgan fingerprint density at radius 3 is 2.12 bits per heavy atom. The summed E-state index contributed by atoms with van der Waals surface area (Å²) in [5, 5.41) is 0. The van der Waals surface area contributed by atoms with Gasteiger partial charge in [0.2, 0.25) is 0 Å². The van der Waals surface area contributed by atoms with Crippen molar-refractivity contribution < 1.29 is 9.22 Å². The Kier molecular flexibility index (Phi) is 6.42. The van der Waals surface area contributed by atoms with Crippen LogP contribution in [0.4, 0.5) is 0 Å². The van der Waals surface area contributed by atoms with Crippen LogP contribution in [0, 0.1) is 5.92 Å². The van der Waals surface area contributed by atoms with Gasteiger partial charge in [0.25, 0.3) is 0 Å². The minimum absolute atomic E-state index is 0.460. The molecule has 0 aromatic rings. The van der Waals surface area contributed by atoms with Gasteiger partial charge in [0, 0.05) is 19.4 Å². The van der Waals surface area contributed by atoms with Crippen molar-refractivity contribution in [2.75, 3.05) is 6.61 Å². The van der Waals surface area contributed by atoms with Gasteiger partial charge in [-0.3, -0.25) is 4.79 Å². The molecule has 0 spiro atoms. The van der Waals surface area contributed by atoms with E-state index in [1.54, 1.807) is 0 Å². The summed E-state index contributed by atoms with van der Waals surface area (Å²) < 4.78 is 6.26. The molecular formula is C14H28O2Si. The summed E-state index contributed by atoms with van der Waals surface area (Å²) in [6.45, 7) is 7.76. The molecule has 0 bridgehead atoms. The molecule has 0 aromatic heterocycles. The van der Waals surface area contributed by atoms with Gasteiger partial charge < -0.3 is 4.43 Å². The zero-order valence-electron chi connectivity index (χ0n) is 11.8. The third kappa shape index (κ3) is 4.55. The van der Waals surface area contributed by atoms with Gasteiger partial charge in [-0.1, -0.05) is 20.8 Å². The quantitative estimate of drug-likeness (QED) is 0.639. The average molecular weight is 256 g/mol. The normalized spacial score (nSPS) is 18.6. The molecule has 0 aromatic carbocycles. The summed E-state index contributed by atoms with van der Waals surface area (Å²) in [5.41, 5.74) is 0. The van der Waals surface area contributed by atoms with Gasteiger partial charge in [-0.05, 0) is 43.3 Å². The topological polar surface area (TPSA) is 26.3 Å². The van der Waals surface area contributed by atoms with Gasteiger partial charge in [0.05, 0.1) is 0 Å². The highest BCUT2D eigenvalue weighted by molar-refractivity contribution is 6.73. The number of hydrogen-bond donors (Lipinski definition) is 0. The van der Waals surface area contributed by atoms with Gasteiger partial charge >= 0.3 is 0 Å². The highest BCUT2D eigenvalue weighted by atomic mass is 28.4. The maximum absolute atomic E-state index is 11.2. The van der Waals surface area contributed by atoms with Crippen molar-refractivity contribution in [1.82, 2.24) is 0 Å². The average Bonchev–Trinajstić information content (AvgIpc) is 2.38. The minimum atomic E-state index is -1.38. The van der Waals surface area contributed by atoms with Crippen molar-refractivity contribution in [1.29, 1.82) is 0 Å². The molecule has 1 aliphatic carbocycles. The van der Waals surface area contributed by atoms with E-state index in [-0.39, 0.29) is 0 Å². The summed E-state index contributed by atoms with van der Waals surface area (Å²) >= 11 is 0. The Hall–Kier alpha value is -0.153. The summed E-state index contributed by atoms with van der Waals surface area (Å²) in [6, 6.07) is 3.72. The van der Waals surface area contributed by atoms with Gasteiger partial charge in [-0.25, -0.2) is 0 Å². The van der Waals surface area contributed by atoms with Gasteiger partial charge in [0.1, 0.15) is 5.78 Å². The van der Waals surface area contributed by atoms with E-state index in [9.17, 15) is 4.79 Å².